The minimum atomic E-state index is -0.414. The van der Waals surface area contributed by atoms with Crippen LogP contribution in [-0.4, -0.2) is 18.1 Å². The minimum absolute atomic E-state index is 0.0288. The fraction of sp³-hybridized carbons (Fsp3) is 0.188. The maximum absolute atomic E-state index is 13.3. The molecular formula is C16H16FNO2S. The fourth-order valence-electron chi connectivity index (χ4n) is 1.79. The van der Waals surface area contributed by atoms with Crippen molar-refractivity contribution >= 4 is 23.2 Å². The molecule has 0 radical (unpaired) electrons. The van der Waals surface area contributed by atoms with E-state index in [1.807, 2.05) is 6.07 Å². The summed E-state index contributed by atoms with van der Waals surface area (Å²) >= 11 is 1.47. The first-order chi connectivity index (χ1) is 10.1. The highest BCUT2D eigenvalue weighted by Gasteiger charge is 2.07. The van der Waals surface area contributed by atoms with Gasteiger partial charge in [-0.25, -0.2) is 4.39 Å². The van der Waals surface area contributed by atoms with Crippen LogP contribution in [0.4, 0.5) is 10.1 Å². The summed E-state index contributed by atoms with van der Waals surface area (Å²) in [6.45, 7) is 1.94. The zero-order valence-corrected chi connectivity index (χ0v) is 12.5. The highest BCUT2D eigenvalue weighted by atomic mass is 32.2. The molecule has 2 aromatic carbocycles. The second-order valence-electron chi connectivity index (χ2n) is 4.43. The SMILES string of the molecule is CC(=O)c1ccccc1OCCSc1ccc(N)c(F)c1. The quantitative estimate of drug-likeness (QED) is 0.382. The van der Waals surface area contributed by atoms with Crippen molar-refractivity contribution in [2.45, 2.75) is 11.8 Å². The van der Waals surface area contributed by atoms with E-state index in [1.165, 1.54) is 24.8 Å². The Morgan fingerprint density at radius 2 is 2.05 bits per heavy atom. The number of thioether (sulfide) groups is 1. The van der Waals surface area contributed by atoms with Crippen molar-refractivity contribution < 1.29 is 13.9 Å². The van der Waals surface area contributed by atoms with Gasteiger partial charge in [-0.3, -0.25) is 4.79 Å². The Labute approximate surface area is 127 Å². The van der Waals surface area contributed by atoms with Gasteiger partial charge in [0.1, 0.15) is 11.6 Å². The lowest BCUT2D eigenvalue weighted by Crippen LogP contribution is -2.04. The molecule has 5 heteroatoms. The van der Waals surface area contributed by atoms with Gasteiger partial charge in [0, 0.05) is 10.6 Å². The normalized spacial score (nSPS) is 10.4. The summed E-state index contributed by atoms with van der Waals surface area (Å²) in [6, 6.07) is 11.9. The van der Waals surface area contributed by atoms with Crippen LogP contribution in [0.15, 0.2) is 47.4 Å². The Hall–Kier alpha value is -2.01. The topological polar surface area (TPSA) is 52.3 Å². The first kappa shape index (κ1) is 15.4. The third-order valence-corrected chi connectivity index (χ3v) is 3.81. The Bertz CT molecular complexity index is 646. The number of hydrogen-bond donors (Lipinski definition) is 1. The summed E-state index contributed by atoms with van der Waals surface area (Å²) in [6.07, 6.45) is 0. The Balaban J connectivity index is 1.87. The summed E-state index contributed by atoms with van der Waals surface area (Å²) in [5.41, 5.74) is 6.14. The van der Waals surface area contributed by atoms with E-state index in [2.05, 4.69) is 0 Å². The molecule has 0 bridgehead atoms. The number of para-hydroxylation sites is 1. The molecular weight excluding hydrogens is 289 g/mol. The minimum Gasteiger partial charge on any atom is -0.492 e. The molecule has 2 aromatic rings. The van der Waals surface area contributed by atoms with Gasteiger partial charge in [-0.05, 0) is 37.3 Å². The lowest BCUT2D eigenvalue weighted by Gasteiger charge is -2.09. The van der Waals surface area contributed by atoms with Gasteiger partial charge >= 0.3 is 0 Å². The zero-order chi connectivity index (χ0) is 15.2. The van der Waals surface area contributed by atoms with Crippen LogP contribution in [0.25, 0.3) is 0 Å². The second-order valence-corrected chi connectivity index (χ2v) is 5.60. The average molecular weight is 305 g/mol. The summed E-state index contributed by atoms with van der Waals surface area (Å²) in [4.78, 5) is 12.2. The number of benzene rings is 2. The molecule has 21 heavy (non-hydrogen) atoms. The van der Waals surface area contributed by atoms with E-state index in [-0.39, 0.29) is 11.5 Å². The number of ketones is 1. The molecule has 3 nitrogen and oxygen atoms in total. The molecule has 0 aromatic heterocycles. The Kier molecular flexibility index (Phi) is 5.22. The standard InChI is InChI=1S/C16H16FNO2S/c1-11(19)13-4-2-3-5-16(13)20-8-9-21-12-6-7-15(18)14(17)10-12/h2-7,10H,8-9,18H2,1H3. The number of hydrogen-bond acceptors (Lipinski definition) is 4. The number of nitrogen functional groups attached to an aromatic ring is 1. The molecule has 0 aliphatic carbocycles. The summed E-state index contributed by atoms with van der Waals surface area (Å²) in [7, 11) is 0. The molecule has 0 unspecified atom stereocenters. The molecule has 0 saturated heterocycles. The van der Waals surface area contributed by atoms with Crippen molar-refractivity contribution in [2.24, 2.45) is 0 Å². The predicted molar refractivity (Wildman–Crippen MR) is 83.5 cm³/mol. The van der Waals surface area contributed by atoms with Crippen LogP contribution in [0.2, 0.25) is 0 Å². The van der Waals surface area contributed by atoms with E-state index in [9.17, 15) is 9.18 Å². The Morgan fingerprint density at radius 3 is 2.76 bits per heavy atom. The van der Waals surface area contributed by atoms with Gasteiger partial charge in [-0.2, -0.15) is 0 Å². The fourth-order valence-corrected chi connectivity index (χ4v) is 2.55. The summed E-state index contributed by atoms with van der Waals surface area (Å²) in [5, 5.41) is 0. The molecule has 110 valence electrons. The Morgan fingerprint density at radius 1 is 1.29 bits per heavy atom. The molecule has 0 aliphatic heterocycles. The van der Waals surface area contributed by atoms with E-state index in [0.717, 1.165) is 4.90 Å². The van der Waals surface area contributed by atoms with Crippen LogP contribution in [0.5, 0.6) is 5.75 Å². The van der Waals surface area contributed by atoms with Gasteiger partial charge in [0.2, 0.25) is 0 Å². The van der Waals surface area contributed by atoms with Crippen LogP contribution >= 0.6 is 11.8 Å². The van der Waals surface area contributed by atoms with Crippen molar-refractivity contribution in [3.8, 4) is 5.75 Å². The third kappa shape index (κ3) is 4.23. The van der Waals surface area contributed by atoms with Gasteiger partial charge in [0.25, 0.3) is 0 Å². The monoisotopic (exact) mass is 305 g/mol. The first-order valence-corrected chi connectivity index (χ1v) is 7.47. The molecule has 2 N–H and O–H groups in total. The van der Waals surface area contributed by atoms with E-state index in [0.29, 0.717) is 23.7 Å². The van der Waals surface area contributed by atoms with Gasteiger partial charge in [-0.1, -0.05) is 12.1 Å². The zero-order valence-electron chi connectivity index (χ0n) is 11.6. The van der Waals surface area contributed by atoms with Crippen LogP contribution in [0.1, 0.15) is 17.3 Å². The third-order valence-electron chi connectivity index (χ3n) is 2.85. The number of carbonyl (C=O) groups excluding carboxylic acids is 1. The molecule has 0 spiro atoms. The van der Waals surface area contributed by atoms with Gasteiger partial charge < -0.3 is 10.5 Å². The molecule has 0 atom stereocenters. The predicted octanol–water partition coefficient (Wildman–Crippen LogP) is 3.78. The van der Waals surface area contributed by atoms with E-state index >= 15 is 0 Å². The molecule has 2 rings (SSSR count). The van der Waals surface area contributed by atoms with Crippen LogP contribution < -0.4 is 10.5 Å². The van der Waals surface area contributed by atoms with E-state index < -0.39 is 5.82 Å². The van der Waals surface area contributed by atoms with Gasteiger partial charge in [0.05, 0.1) is 17.9 Å². The van der Waals surface area contributed by atoms with Crippen LogP contribution in [-0.2, 0) is 0 Å². The first-order valence-electron chi connectivity index (χ1n) is 6.48. The molecule has 0 heterocycles. The van der Waals surface area contributed by atoms with E-state index in [1.54, 1.807) is 30.3 Å². The lowest BCUT2D eigenvalue weighted by molar-refractivity contribution is 0.101. The number of Topliss-reactive ketones (excluding diaryl/α,β-unsaturated/α-hetero) is 1. The average Bonchev–Trinajstić information content (AvgIpc) is 2.47. The van der Waals surface area contributed by atoms with Crippen molar-refractivity contribution in [1.29, 1.82) is 0 Å². The maximum atomic E-state index is 13.3. The van der Waals surface area contributed by atoms with Gasteiger partial charge in [-0.15, -0.1) is 11.8 Å². The second kappa shape index (κ2) is 7.13. The lowest BCUT2D eigenvalue weighted by atomic mass is 10.1. The number of anilines is 1. The molecule has 0 saturated carbocycles. The van der Waals surface area contributed by atoms with Crippen LogP contribution in [0.3, 0.4) is 0 Å². The molecule has 0 fully saturated rings. The number of ether oxygens (including phenoxy) is 1. The highest BCUT2D eigenvalue weighted by Crippen LogP contribution is 2.23. The number of nitrogens with two attached hydrogens (primary N) is 1. The summed E-state index contributed by atoms with van der Waals surface area (Å²) < 4.78 is 18.9. The summed E-state index contributed by atoms with van der Waals surface area (Å²) in [5.74, 6) is 0.783. The van der Waals surface area contributed by atoms with Crippen molar-refractivity contribution in [3.05, 3.63) is 53.8 Å². The molecule has 0 aliphatic rings. The van der Waals surface area contributed by atoms with Crippen LogP contribution in [0, 0.1) is 5.82 Å². The van der Waals surface area contributed by atoms with Crippen molar-refractivity contribution in [2.75, 3.05) is 18.1 Å². The number of halogens is 1. The van der Waals surface area contributed by atoms with Gasteiger partial charge in [0.15, 0.2) is 5.78 Å². The largest absolute Gasteiger partial charge is 0.492 e. The van der Waals surface area contributed by atoms with Crippen molar-refractivity contribution in [3.63, 3.8) is 0 Å². The van der Waals surface area contributed by atoms with Crippen molar-refractivity contribution in [1.82, 2.24) is 0 Å². The molecule has 0 amide bonds. The number of rotatable bonds is 6. The van der Waals surface area contributed by atoms with E-state index in [4.69, 9.17) is 10.5 Å². The number of carbonyl (C=O) groups is 1. The highest BCUT2D eigenvalue weighted by molar-refractivity contribution is 7.99. The maximum Gasteiger partial charge on any atom is 0.163 e. The smallest absolute Gasteiger partial charge is 0.163 e.